The summed E-state index contributed by atoms with van der Waals surface area (Å²) in [6, 6.07) is 8.67. The van der Waals surface area contributed by atoms with Crippen molar-refractivity contribution in [2.45, 2.75) is 32.2 Å². The summed E-state index contributed by atoms with van der Waals surface area (Å²) in [4.78, 5) is 13.9. The van der Waals surface area contributed by atoms with E-state index >= 15 is 0 Å². The minimum absolute atomic E-state index is 0.201. The summed E-state index contributed by atoms with van der Waals surface area (Å²) < 4.78 is 0. The van der Waals surface area contributed by atoms with Gasteiger partial charge >= 0.3 is 0 Å². The molecule has 0 aliphatic carbocycles. The van der Waals surface area contributed by atoms with Crippen LogP contribution in [0, 0.1) is 6.92 Å². The highest BCUT2D eigenvalue weighted by Crippen LogP contribution is 2.08. The molecule has 0 aromatic heterocycles. The number of hydrogen-bond acceptors (Lipinski definition) is 2. The Morgan fingerprint density at radius 1 is 1.39 bits per heavy atom. The fourth-order valence-corrected chi connectivity index (χ4v) is 2.36. The number of aryl methyl sites for hydroxylation is 1. The molecule has 1 fully saturated rings. The van der Waals surface area contributed by atoms with Crippen molar-refractivity contribution in [3.8, 4) is 0 Å². The fourth-order valence-electron chi connectivity index (χ4n) is 2.36. The fraction of sp³-hybridized carbons (Fsp3) is 0.533. The summed E-state index contributed by atoms with van der Waals surface area (Å²) in [7, 11) is 1.90. The van der Waals surface area contributed by atoms with E-state index in [9.17, 15) is 4.79 Å². The van der Waals surface area contributed by atoms with Crippen molar-refractivity contribution in [1.82, 2.24) is 10.2 Å². The molecule has 0 bridgehead atoms. The van der Waals surface area contributed by atoms with Gasteiger partial charge in [0.2, 0.25) is 5.91 Å². The van der Waals surface area contributed by atoms with E-state index in [-0.39, 0.29) is 5.91 Å². The standard InChI is InChI=1S/C15H22N2O/c1-12-5-7-13(8-6-12)10-15(18)17(2)11-14-4-3-9-16-14/h5-8,14,16H,3-4,9-11H2,1-2H3. The molecule has 1 saturated heterocycles. The predicted octanol–water partition coefficient (Wildman–Crippen LogP) is 1.75. The van der Waals surface area contributed by atoms with Gasteiger partial charge in [-0.3, -0.25) is 4.79 Å². The highest BCUT2D eigenvalue weighted by atomic mass is 16.2. The zero-order valence-electron chi connectivity index (χ0n) is 11.3. The van der Waals surface area contributed by atoms with Crippen LogP contribution in [-0.4, -0.2) is 37.0 Å². The van der Waals surface area contributed by atoms with Crippen LogP contribution in [0.25, 0.3) is 0 Å². The number of rotatable bonds is 4. The van der Waals surface area contributed by atoms with E-state index < -0.39 is 0 Å². The zero-order valence-corrected chi connectivity index (χ0v) is 11.3. The van der Waals surface area contributed by atoms with Crippen LogP contribution < -0.4 is 5.32 Å². The Labute approximate surface area is 109 Å². The van der Waals surface area contributed by atoms with E-state index in [2.05, 4.69) is 24.4 Å². The molecule has 1 atom stereocenters. The molecule has 98 valence electrons. The van der Waals surface area contributed by atoms with Gasteiger partial charge in [-0.2, -0.15) is 0 Å². The lowest BCUT2D eigenvalue weighted by Crippen LogP contribution is -2.39. The smallest absolute Gasteiger partial charge is 0.226 e. The van der Waals surface area contributed by atoms with Crippen molar-refractivity contribution in [3.63, 3.8) is 0 Å². The van der Waals surface area contributed by atoms with Crippen molar-refractivity contribution in [2.24, 2.45) is 0 Å². The quantitative estimate of drug-likeness (QED) is 0.878. The van der Waals surface area contributed by atoms with Gasteiger partial charge in [0.05, 0.1) is 6.42 Å². The summed E-state index contributed by atoms with van der Waals surface area (Å²) in [6.07, 6.45) is 2.91. The minimum atomic E-state index is 0.201. The predicted molar refractivity (Wildman–Crippen MR) is 73.5 cm³/mol. The molecule has 1 aliphatic heterocycles. The normalized spacial score (nSPS) is 18.9. The maximum Gasteiger partial charge on any atom is 0.226 e. The number of carbonyl (C=O) groups is 1. The number of hydrogen-bond donors (Lipinski definition) is 1. The molecule has 2 rings (SSSR count). The van der Waals surface area contributed by atoms with Crippen LogP contribution >= 0.6 is 0 Å². The van der Waals surface area contributed by atoms with Gasteiger partial charge in [0.1, 0.15) is 0 Å². The van der Waals surface area contributed by atoms with Gasteiger partial charge in [-0.15, -0.1) is 0 Å². The zero-order chi connectivity index (χ0) is 13.0. The first kappa shape index (κ1) is 13.1. The lowest BCUT2D eigenvalue weighted by atomic mass is 10.1. The third-order valence-corrected chi connectivity index (χ3v) is 3.56. The molecule has 1 unspecified atom stereocenters. The molecule has 3 nitrogen and oxygen atoms in total. The number of amides is 1. The summed E-state index contributed by atoms with van der Waals surface area (Å²) in [5.74, 6) is 0.201. The topological polar surface area (TPSA) is 32.3 Å². The van der Waals surface area contributed by atoms with Crippen LogP contribution in [0.4, 0.5) is 0 Å². The molecule has 0 radical (unpaired) electrons. The molecular weight excluding hydrogens is 224 g/mol. The molecular formula is C15H22N2O. The average molecular weight is 246 g/mol. The molecule has 1 heterocycles. The lowest BCUT2D eigenvalue weighted by molar-refractivity contribution is -0.129. The third-order valence-electron chi connectivity index (χ3n) is 3.56. The minimum Gasteiger partial charge on any atom is -0.344 e. The van der Waals surface area contributed by atoms with Gasteiger partial charge in [0.25, 0.3) is 0 Å². The first-order chi connectivity index (χ1) is 8.65. The van der Waals surface area contributed by atoms with Crippen molar-refractivity contribution >= 4 is 5.91 Å². The van der Waals surface area contributed by atoms with Crippen LogP contribution in [0.5, 0.6) is 0 Å². The maximum atomic E-state index is 12.1. The number of nitrogens with zero attached hydrogens (tertiary/aromatic N) is 1. The van der Waals surface area contributed by atoms with E-state index in [0.29, 0.717) is 12.5 Å². The van der Waals surface area contributed by atoms with Gasteiger partial charge in [0, 0.05) is 19.6 Å². The van der Waals surface area contributed by atoms with Crippen molar-refractivity contribution in [1.29, 1.82) is 0 Å². The van der Waals surface area contributed by atoms with Crippen molar-refractivity contribution in [2.75, 3.05) is 20.1 Å². The molecule has 1 aliphatic rings. The number of nitrogens with one attached hydrogen (secondary N) is 1. The van der Waals surface area contributed by atoms with Gasteiger partial charge < -0.3 is 10.2 Å². The van der Waals surface area contributed by atoms with Crippen molar-refractivity contribution in [3.05, 3.63) is 35.4 Å². The second-order valence-electron chi connectivity index (χ2n) is 5.23. The first-order valence-corrected chi connectivity index (χ1v) is 6.68. The van der Waals surface area contributed by atoms with Crippen LogP contribution in [0.1, 0.15) is 24.0 Å². The third kappa shape index (κ3) is 3.57. The Kier molecular flexibility index (Phi) is 4.37. The molecule has 1 aromatic carbocycles. The second kappa shape index (κ2) is 6.01. The highest BCUT2D eigenvalue weighted by molar-refractivity contribution is 5.78. The Bertz CT molecular complexity index is 393. The molecule has 1 N–H and O–H groups in total. The summed E-state index contributed by atoms with van der Waals surface area (Å²) in [6.45, 7) is 3.97. The Morgan fingerprint density at radius 2 is 2.11 bits per heavy atom. The van der Waals surface area contributed by atoms with Gasteiger partial charge in [-0.25, -0.2) is 0 Å². The van der Waals surface area contributed by atoms with Crippen molar-refractivity contribution < 1.29 is 4.79 Å². The second-order valence-corrected chi connectivity index (χ2v) is 5.23. The van der Waals surface area contributed by atoms with E-state index in [0.717, 1.165) is 18.7 Å². The maximum absolute atomic E-state index is 12.1. The van der Waals surface area contributed by atoms with Gasteiger partial charge in [-0.1, -0.05) is 29.8 Å². The van der Waals surface area contributed by atoms with Crippen LogP contribution in [-0.2, 0) is 11.2 Å². The highest BCUT2D eigenvalue weighted by Gasteiger charge is 2.18. The van der Waals surface area contributed by atoms with Crippen LogP contribution in [0.15, 0.2) is 24.3 Å². The lowest BCUT2D eigenvalue weighted by Gasteiger charge is -2.21. The number of carbonyl (C=O) groups excluding carboxylic acids is 1. The molecule has 3 heteroatoms. The first-order valence-electron chi connectivity index (χ1n) is 6.68. The average Bonchev–Trinajstić information content (AvgIpc) is 2.85. The molecule has 0 spiro atoms. The van der Waals surface area contributed by atoms with E-state index in [4.69, 9.17) is 0 Å². The van der Waals surface area contributed by atoms with Gasteiger partial charge in [-0.05, 0) is 31.9 Å². The number of likely N-dealkylation sites (N-methyl/N-ethyl adjacent to an activating group) is 1. The molecule has 18 heavy (non-hydrogen) atoms. The Balaban J connectivity index is 1.84. The number of benzene rings is 1. The largest absolute Gasteiger partial charge is 0.344 e. The van der Waals surface area contributed by atoms with Crippen LogP contribution in [0.2, 0.25) is 0 Å². The van der Waals surface area contributed by atoms with E-state index in [1.165, 1.54) is 18.4 Å². The summed E-state index contributed by atoms with van der Waals surface area (Å²) in [5, 5.41) is 3.42. The summed E-state index contributed by atoms with van der Waals surface area (Å²) in [5.41, 5.74) is 2.33. The Morgan fingerprint density at radius 3 is 2.72 bits per heavy atom. The SMILES string of the molecule is Cc1ccc(CC(=O)N(C)CC2CCCN2)cc1. The monoisotopic (exact) mass is 246 g/mol. The Hall–Kier alpha value is -1.35. The van der Waals surface area contributed by atoms with Crippen LogP contribution in [0.3, 0.4) is 0 Å². The molecule has 1 aromatic rings. The van der Waals surface area contributed by atoms with E-state index in [1.807, 2.05) is 24.1 Å². The molecule has 1 amide bonds. The van der Waals surface area contributed by atoms with E-state index in [1.54, 1.807) is 0 Å². The summed E-state index contributed by atoms with van der Waals surface area (Å²) >= 11 is 0. The molecule has 0 saturated carbocycles. The van der Waals surface area contributed by atoms with Gasteiger partial charge in [0.15, 0.2) is 0 Å².